The topological polar surface area (TPSA) is 42.2 Å². The molecule has 1 aromatic heterocycles. The number of hydrogen-bond donors (Lipinski definition) is 1. The van der Waals surface area contributed by atoms with Crippen LogP contribution in [-0.2, 0) is 6.54 Å². The zero-order valence-electron chi connectivity index (χ0n) is 12.8. The molecule has 1 aromatic carbocycles. The van der Waals surface area contributed by atoms with Crippen LogP contribution in [-0.4, -0.2) is 28.5 Å². The Morgan fingerprint density at radius 1 is 1.20 bits per heavy atom. The Bertz CT molecular complexity index is 558. The molecule has 3 heteroatoms. The summed E-state index contributed by atoms with van der Waals surface area (Å²) in [6.45, 7) is 9.28. The van der Waals surface area contributed by atoms with E-state index in [0.29, 0.717) is 6.54 Å². The van der Waals surface area contributed by atoms with Crippen molar-refractivity contribution in [2.45, 2.75) is 39.3 Å². The highest BCUT2D eigenvalue weighted by molar-refractivity contribution is 5.81. The van der Waals surface area contributed by atoms with Gasteiger partial charge in [0.05, 0.1) is 5.52 Å². The van der Waals surface area contributed by atoms with Crippen LogP contribution >= 0.6 is 0 Å². The van der Waals surface area contributed by atoms with Gasteiger partial charge in [0.15, 0.2) is 0 Å². The average molecular weight is 271 g/mol. The monoisotopic (exact) mass is 271 g/mol. The first-order valence-electron chi connectivity index (χ1n) is 7.36. The fourth-order valence-electron chi connectivity index (χ4n) is 2.49. The Balaban J connectivity index is 2.33. The van der Waals surface area contributed by atoms with E-state index in [1.807, 2.05) is 12.3 Å². The number of nitrogens with zero attached hydrogens (tertiary/aromatic N) is 2. The molecule has 3 nitrogen and oxygen atoms in total. The van der Waals surface area contributed by atoms with E-state index in [2.05, 4.69) is 54.9 Å². The van der Waals surface area contributed by atoms with Gasteiger partial charge in [-0.05, 0) is 44.5 Å². The Morgan fingerprint density at radius 2 is 1.95 bits per heavy atom. The van der Waals surface area contributed by atoms with Gasteiger partial charge in [0.1, 0.15) is 0 Å². The Hall–Kier alpha value is -1.45. The lowest BCUT2D eigenvalue weighted by Gasteiger charge is -2.38. The number of pyridine rings is 1. The molecule has 20 heavy (non-hydrogen) atoms. The van der Waals surface area contributed by atoms with Gasteiger partial charge in [-0.3, -0.25) is 9.88 Å². The smallest absolute Gasteiger partial charge is 0.0705 e. The van der Waals surface area contributed by atoms with Gasteiger partial charge in [0.25, 0.3) is 0 Å². The summed E-state index contributed by atoms with van der Waals surface area (Å²) < 4.78 is 0. The largest absolute Gasteiger partial charge is 0.329 e. The third kappa shape index (κ3) is 3.17. The van der Waals surface area contributed by atoms with E-state index >= 15 is 0 Å². The maximum atomic E-state index is 5.95. The fraction of sp³-hybridized carbons (Fsp3) is 0.471. The van der Waals surface area contributed by atoms with Crippen molar-refractivity contribution in [3.8, 4) is 0 Å². The van der Waals surface area contributed by atoms with Crippen molar-refractivity contribution in [3.63, 3.8) is 0 Å². The first kappa shape index (κ1) is 14.9. The van der Waals surface area contributed by atoms with Crippen LogP contribution in [0.25, 0.3) is 10.9 Å². The summed E-state index contributed by atoms with van der Waals surface area (Å²) in [5.74, 6) is 0. The number of hydrogen-bond acceptors (Lipinski definition) is 3. The number of benzene rings is 1. The summed E-state index contributed by atoms with van der Waals surface area (Å²) in [5.41, 5.74) is 8.35. The lowest BCUT2D eigenvalue weighted by molar-refractivity contribution is 0.118. The summed E-state index contributed by atoms with van der Waals surface area (Å²) in [5, 5.41) is 1.24. The lowest BCUT2D eigenvalue weighted by Crippen LogP contribution is -2.49. The first-order chi connectivity index (χ1) is 9.58. The van der Waals surface area contributed by atoms with Gasteiger partial charge in [-0.25, -0.2) is 0 Å². The Morgan fingerprint density at radius 3 is 2.65 bits per heavy atom. The van der Waals surface area contributed by atoms with Crippen molar-refractivity contribution in [1.29, 1.82) is 0 Å². The van der Waals surface area contributed by atoms with Crippen LogP contribution in [0, 0.1) is 0 Å². The SMILES string of the molecule is CCCN(Cc1ccnc2ccccc12)C(C)(C)CN. The third-order valence-electron chi connectivity index (χ3n) is 3.95. The van der Waals surface area contributed by atoms with E-state index in [4.69, 9.17) is 5.73 Å². The fourth-order valence-corrected chi connectivity index (χ4v) is 2.49. The van der Waals surface area contributed by atoms with Crippen molar-refractivity contribution in [1.82, 2.24) is 9.88 Å². The van der Waals surface area contributed by atoms with Crippen molar-refractivity contribution in [2.24, 2.45) is 5.73 Å². The summed E-state index contributed by atoms with van der Waals surface area (Å²) in [6, 6.07) is 10.4. The third-order valence-corrected chi connectivity index (χ3v) is 3.95. The minimum Gasteiger partial charge on any atom is -0.329 e. The second-order valence-electron chi connectivity index (χ2n) is 5.93. The maximum Gasteiger partial charge on any atom is 0.0705 e. The molecule has 0 radical (unpaired) electrons. The first-order valence-corrected chi connectivity index (χ1v) is 7.36. The van der Waals surface area contributed by atoms with Crippen molar-refractivity contribution < 1.29 is 0 Å². The van der Waals surface area contributed by atoms with E-state index in [0.717, 1.165) is 25.0 Å². The van der Waals surface area contributed by atoms with Crippen LogP contribution in [0.2, 0.25) is 0 Å². The Labute approximate surface area is 121 Å². The zero-order valence-corrected chi connectivity index (χ0v) is 12.8. The number of rotatable bonds is 6. The van der Waals surface area contributed by atoms with Gasteiger partial charge in [0, 0.05) is 30.2 Å². The molecule has 2 aromatic rings. The van der Waals surface area contributed by atoms with E-state index < -0.39 is 0 Å². The summed E-state index contributed by atoms with van der Waals surface area (Å²) in [6.07, 6.45) is 3.03. The second-order valence-corrected chi connectivity index (χ2v) is 5.93. The standard InChI is InChI=1S/C17H25N3/c1-4-11-20(17(2,3)13-18)12-14-9-10-19-16-8-6-5-7-15(14)16/h5-10H,4,11-13,18H2,1-3H3. The zero-order chi connectivity index (χ0) is 14.6. The molecular weight excluding hydrogens is 246 g/mol. The van der Waals surface area contributed by atoms with Gasteiger partial charge >= 0.3 is 0 Å². The van der Waals surface area contributed by atoms with Gasteiger partial charge in [-0.2, -0.15) is 0 Å². The molecule has 0 fully saturated rings. The van der Waals surface area contributed by atoms with Crippen LogP contribution < -0.4 is 5.73 Å². The molecule has 0 atom stereocenters. The Kier molecular flexibility index (Phi) is 4.73. The highest BCUT2D eigenvalue weighted by Gasteiger charge is 2.24. The molecule has 0 saturated heterocycles. The van der Waals surface area contributed by atoms with E-state index in [1.165, 1.54) is 10.9 Å². The summed E-state index contributed by atoms with van der Waals surface area (Å²) in [4.78, 5) is 6.90. The molecule has 0 aliphatic rings. The highest BCUT2D eigenvalue weighted by atomic mass is 15.2. The van der Waals surface area contributed by atoms with Gasteiger partial charge in [0.2, 0.25) is 0 Å². The predicted octanol–water partition coefficient (Wildman–Crippen LogP) is 3.18. The van der Waals surface area contributed by atoms with Crippen LogP contribution in [0.15, 0.2) is 36.5 Å². The molecule has 1 heterocycles. The van der Waals surface area contributed by atoms with Crippen LogP contribution in [0.1, 0.15) is 32.8 Å². The molecule has 0 spiro atoms. The molecule has 2 N–H and O–H groups in total. The predicted molar refractivity (Wildman–Crippen MR) is 85.6 cm³/mol. The van der Waals surface area contributed by atoms with Crippen LogP contribution in [0.4, 0.5) is 0 Å². The van der Waals surface area contributed by atoms with Crippen molar-refractivity contribution >= 4 is 10.9 Å². The molecule has 0 amide bonds. The quantitative estimate of drug-likeness (QED) is 0.877. The number of fused-ring (bicyclic) bond motifs is 1. The number of para-hydroxylation sites is 1. The molecule has 0 aliphatic carbocycles. The normalized spacial score (nSPS) is 12.2. The number of aromatic nitrogens is 1. The van der Waals surface area contributed by atoms with Gasteiger partial charge in [-0.15, -0.1) is 0 Å². The molecule has 0 unspecified atom stereocenters. The lowest BCUT2D eigenvalue weighted by atomic mass is 10.0. The van der Waals surface area contributed by atoms with Crippen molar-refractivity contribution in [3.05, 3.63) is 42.1 Å². The molecule has 0 aliphatic heterocycles. The minimum atomic E-state index is 0.0143. The summed E-state index contributed by atoms with van der Waals surface area (Å²) >= 11 is 0. The number of nitrogens with two attached hydrogens (primary N) is 1. The minimum absolute atomic E-state index is 0.0143. The van der Waals surface area contributed by atoms with Gasteiger partial charge < -0.3 is 5.73 Å². The van der Waals surface area contributed by atoms with Crippen LogP contribution in [0.3, 0.4) is 0 Å². The summed E-state index contributed by atoms with van der Waals surface area (Å²) in [7, 11) is 0. The molecule has 0 saturated carbocycles. The molecular formula is C17H25N3. The van der Waals surface area contributed by atoms with Crippen molar-refractivity contribution in [2.75, 3.05) is 13.1 Å². The maximum absolute atomic E-state index is 5.95. The van der Waals surface area contributed by atoms with E-state index in [-0.39, 0.29) is 5.54 Å². The van der Waals surface area contributed by atoms with Crippen LogP contribution in [0.5, 0.6) is 0 Å². The molecule has 2 rings (SSSR count). The average Bonchev–Trinajstić information content (AvgIpc) is 2.47. The molecule has 0 bridgehead atoms. The van der Waals surface area contributed by atoms with Gasteiger partial charge in [-0.1, -0.05) is 25.1 Å². The second kappa shape index (κ2) is 6.33. The van der Waals surface area contributed by atoms with E-state index in [1.54, 1.807) is 0 Å². The highest BCUT2D eigenvalue weighted by Crippen LogP contribution is 2.22. The van der Waals surface area contributed by atoms with E-state index in [9.17, 15) is 0 Å². The molecule has 108 valence electrons.